The number of aromatic nitrogens is 1. The Morgan fingerprint density at radius 2 is 2.25 bits per heavy atom. The molecule has 2 aromatic rings. The molecule has 0 bridgehead atoms. The third-order valence-electron chi connectivity index (χ3n) is 3.40. The number of nitrogen functional groups attached to an aromatic ring is 1. The van der Waals surface area contributed by atoms with Gasteiger partial charge in [-0.05, 0) is 43.5 Å². The summed E-state index contributed by atoms with van der Waals surface area (Å²) < 4.78 is 0. The average Bonchev–Trinajstić information content (AvgIpc) is 2.91. The number of hydrogen-bond donors (Lipinski definition) is 2. The molecule has 0 aliphatic carbocycles. The molecule has 5 heteroatoms. The van der Waals surface area contributed by atoms with Crippen LogP contribution in [0.15, 0.2) is 35.8 Å². The Bertz CT molecular complexity index is 565. The van der Waals surface area contributed by atoms with Crippen molar-refractivity contribution in [2.45, 2.75) is 25.9 Å². The van der Waals surface area contributed by atoms with Crippen LogP contribution in [0.3, 0.4) is 0 Å². The topological polar surface area (TPSA) is 66.0 Å². The number of likely N-dealkylation sites (N-methyl/N-ethyl adjacent to an activating group) is 1. The largest absolute Gasteiger partial charge is 0.382 e. The van der Waals surface area contributed by atoms with E-state index in [0.717, 1.165) is 18.5 Å². The molecule has 1 unspecified atom stereocenters. The lowest BCUT2D eigenvalue weighted by Gasteiger charge is -2.25. The second-order valence-electron chi connectivity index (χ2n) is 4.97. The zero-order chi connectivity index (χ0) is 14.5. The maximum Gasteiger partial charge on any atom is 0.142 e. The first-order chi connectivity index (χ1) is 9.58. The summed E-state index contributed by atoms with van der Waals surface area (Å²) in [6.07, 6.45) is 2.71. The highest BCUT2D eigenvalue weighted by molar-refractivity contribution is 7.09. The molecule has 0 amide bonds. The lowest BCUT2D eigenvalue weighted by molar-refractivity contribution is 0.248. The summed E-state index contributed by atoms with van der Waals surface area (Å²) in [6.45, 7) is 2.96. The van der Waals surface area contributed by atoms with E-state index in [1.165, 1.54) is 4.88 Å². The molecule has 0 saturated heterocycles. The van der Waals surface area contributed by atoms with Crippen molar-refractivity contribution in [3.8, 4) is 0 Å². The van der Waals surface area contributed by atoms with E-state index in [1.54, 1.807) is 17.5 Å². The normalized spacial score (nSPS) is 12.6. The standard InChI is InChI=1S/C15H20N4S/c1-11(9-13-6-4-8-20-13)19(2)10-12-5-3-7-18-14(12)15(16)17/h3-8,11H,9-10H2,1-2H3,(H3,16,17). The molecule has 0 fully saturated rings. The molecule has 20 heavy (non-hydrogen) atoms. The van der Waals surface area contributed by atoms with Gasteiger partial charge >= 0.3 is 0 Å². The van der Waals surface area contributed by atoms with E-state index in [9.17, 15) is 0 Å². The Kier molecular flexibility index (Phi) is 4.87. The summed E-state index contributed by atoms with van der Waals surface area (Å²) in [5.74, 6) is 0.0277. The van der Waals surface area contributed by atoms with Crippen LogP contribution in [0.5, 0.6) is 0 Å². The fraction of sp³-hybridized carbons (Fsp3) is 0.333. The van der Waals surface area contributed by atoms with Gasteiger partial charge in [0.1, 0.15) is 11.5 Å². The molecule has 3 N–H and O–H groups in total. The highest BCUT2D eigenvalue weighted by Gasteiger charge is 2.14. The minimum Gasteiger partial charge on any atom is -0.382 e. The molecule has 2 rings (SSSR count). The molecule has 0 spiro atoms. The molecule has 1 atom stereocenters. The van der Waals surface area contributed by atoms with Crippen molar-refractivity contribution >= 4 is 17.2 Å². The van der Waals surface area contributed by atoms with Crippen LogP contribution in [-0.4, -0.2) is 28.8 Å². The summed E-state index contributed by atoms with van der Waals surface area (Å²) in [5.41, 5.74) is 7.17. The number of thiophene rings is 1. The Morgan fingerprint density at radius 3 is 2.90 bits per heavy atom. The quantitative estimate of drug-likeness (QED) is 0.634. The van der Waals surface area contributed by atoms with Crippen LogP contribution in [0.2, 0.25) is 0 Å². The van der Waals surface area contributed by atoms with Gasteiger partial charge in [-0.2, -0.15) is 0 Å². The van der Waals surface area contributed by atoms with Gasteiger partial charge in [-0.1, -0.05) is 12.1 Å². The average molecular weight is 288 g/mol. The van der Waals surface area contributed by atoms with Crippen LogP contribution in [0, 0.1) is 5.41 Å². The van der Waals surface area contributed by atoms with Gasteiger partial charge in [0.2, 0.25) is 0 Å². The highest BCUT2D eigenvalue weighted by Crippen LogP contribution is 2.16. The Morgan fingerprint density at radius 1 is 1.45 bits per heavy atom. The molecule has 2 aromatic heterocycles. The molecule has 0 aromatic carbocycles. The van der Waals surface area contributed by atoms with Crippen molar-refractivity contribution in [1.82, 2.24) is 9.88 Å². The van der Waals surface area contributed by atoms with Crippen LogP contribution in [0.1, 0.15) is 23.1 Å². The Hall–Kier alpha value is -1.72. The molecule has 0 aliphatic rings. The lowest BCUT2D eigenvalue weighted by atomic mass is 10.1. The van der Waals surface area contributed by atoms with Gasteiger partial charge in [0.25, 0.3) is 0 Å². The van der Waals surface area contributed by atoms with Gasteiger partial charge in [0, 0.05) is 23.7 Å². The zero-order valence-corrected chi connectivity index (χ0v) is 12.7. The Labute approximate surface area is 123 Å². The molecule has 0 radical (unpaired) electrons. The number of amidine groups is 1. The SMILES string of the molecule is CC(Cc1cccs1)N(C)Cc1cccnc1C(=N)N. The van der Waals surface area contributed by atoms with Gasteiger partial charge in [0.05, 0.1) is 0 Å². The van der Waals surface area contributed by atoms with E-state index < -0.39 is 0 Å². The van der Waals surface area contributed by atoms with Gasteiger partial charge in [-0.25, -0.2) is 0 Å². The zero-order valence-electron chi connectivity index (χ0n) is 11.8. The second-order valence-corrected chi connectivity index (χ2v) is 6.00. The van der Waals surface area contributed by atoms with Gasteiger partial charge in [-0.15, -0.1) is 11.3 Å². The first-order valence-electron chi connectivity index (χ1n) is 6.59. The van der Waals surface area contributed by atoms with E-state index >= 15 is 0 Å². The summed E-state index contributed by atoms with van der Waals surface area (Å²) in [6, 6.07) is 8.55. The predicted octanol–water partition coefficient (Wildman–Crippen LogP) is 2.49. The van der Waals surface area contributed by atoms with Crippen molar-refractivity contribution in [2.75, 3.05) is 7.05 Å². The van der Waals surface area contributed by atoms with Crippen LogP contribution in [0.4, 0.5) is 0 Å². The van der Waals surface area contributed by atoms with Crippen molar-refractivity contribution in [3.05, 3.63) is 52.0 Å². The minimum absolute atomic E-state index is 0.0277. The summed E-state index contributed by atoms with van der Waals surface area (Å²) >= 11 is 1.79. The summed E-state index contributed by atoms with van der Waals surface area (Å²) in [5, 5.41) is 9.69. The first kappa shape index (κ1) is 14.7. The fourth-order valence-corrected chi connectivity index (χ4v) is 2.94. The second kappa shape index (κ2) is 6.63. The summed E-state index contributed by atoms with van der Waals surface area (Å²) in [4.78, 5) is 7.85. The van der Waals surface area contributed by atoms with E-state index in [1.807, 2.05) is 12.1 Å². The number of rotatable bonds is 6. The van der Waals surface area contributed by atoms with Crippen molar-refractivity contribution in [2.24, 2.45) is 5.73 Å². The maximum absolute atomic E-state index is 7.58. The van der Waals surface area contributed by atoms with E-state index in [2.05, 4.69) is 41.4 Å². The highest BCUT2D eigenvalue weighted by atomic mass is 32.1. The molecule has 106 valence electrons. The number of nitrogens with two attached hydrogens (primary N) is 1. The minimum atomic E-state index is 0.0277. The van der Waals surface area contributed by atoms with Crippen molar-refractivity contribution in [3.63, 3.8) is 0 Å². The van der Waals surface area contributed by atoms with Crippen LogP contribution < -0.4 is 5.73 Å². The summed E-state index contributed by atoms with van der Waals surface area (Å²) in [7, 11) is 2.09. The Balaban J connectivity index is 2.04. The molecule has 0 saturated carbocycles. The third kappa shape index (κ3) is 3.65. The van der Waals surface area contributed by atoms with Crippen LogP contribution in [-0.2, 0) is 13.0 Å². The first-order valence-corrected chi connectivity index (χ1v) is 7.46. The van der Waals surface area contributed by atoms with Crippen molar-refractivity contribution in [1.29, 1.82) is 5.41 Å². The van der Waals surface area contributed by atoms with Gasteiger partial charge in [0.15, 0.2) is 0 Å². The number of nitrogens with one attached hydrogen (secondary N) is 1. The molecular weight excluding hydrogens is 268 g/mol. The van der Waals surface area contributed by atoms with E-state index in [4.69, 9.17) is 11.1 Å². The van der Waals surface area contributed by atoms with Crippen molar-refractivity contribution < 1.29 is 0 Å². The van der Waals surface area contributed by atoms with Crippen LogP contribution >= 0.6 is 11.3 Å². The predicted molar refractivity (Wildman–Crippen MR) is 84.2 cm³/mol. The number of pyridine rings is 1. The smallest absolute Gasteiger partial charge is 0.142 e. The molecule has 2 heterocycles. The number of hydrogen-bond acceptors (Lipinski definition) is 4. The molecule has 4 nitrogen and oxygen atoms in total. The third-order valence-corrected chi connectivity index (χ3v) is 4.29. The molecular formula is C15H20N4S. The fourth-order valence-electron chi connectivity index (χ4n) is 2.11. The van der Waals surface area contributed by atoms with E-state index in [-0.39, 0.29) is 5.84 Å². The molecule has 0 aliphatic heterocycles. The number of nitrogens with zero attached hydrogens (tertiary/aromatic N) is 2. The van der Waals surface area contributed by atoms with E-state index in [0.29, 0.717) is 11.7 Å². The monoisotopic (exact) mass is 288 g/mol. The van der Waals surface area contributed by atoms with Gasteiger partial charge in [-0.3, -0.25) is 15.3 Å². The maximum atomic E-state index is 7.58. The lowest BCUT2D eigenvalue weighted by Crippen LogP contribution is -2.31. The van der Waals surface area contributed by atoms with Gasteiger partial charge < -0.3 is 5.73 Å². The van der Waals surface area contributed by atoms with Crippen LogP contribution in [0.25, 0.3) is 0 Å².